The summed E-state index contributed by atoms with van der Waals surface area (Å²) >= 11 is 0. The number of hydrogen-bond donors (Lipinski definition) is 0. The molecule has 0 unspecified atom stereocenters. The number of Topliss-reactive ketones (excluding diaryl/α,β-unsaturated/α-hetero) is 1. The normalized spacial score (nSPS) is 12.4. The SMILES string of the molecule is CCCC[C@H](OC)C(=O)c1ccccc1. The maximum atomic E-state index is 12.0. The Balaban J connectivity index is 2.65. The van der Waals surface area contributed by atoms with E-state index < -0.39 is 0 Å². The van der Waals surface area contributed by atoms with Crippen LogP contribution >= 0.6 is 0 Å². The average molecular weight is 206 g/mol. The first kappa shape index (κ1) is 11.9. The second kappa shape index (κ2) is 6.36. The van der Waals surface area contributed by atoms with Gasteiger partial charge in [0.05, 0.1) is 0 Å². The number of unbranched alkanes of at least 4 members (excludes halogenated alkanes) is 1. The fraction of sp³-hybridized carbons (Fsp3) is 0.462. The third-order valence-corrected chi connectivity index (χ3v) is 2.46. The summed E-state index contributed by atoms with van der Waals surface area (Å²) in [6.45, 7) is 2.11. The maximum absolute atomic E-state index is 12.0. The molecule has 0 aromatic heterocycles. The van der Waals surface area contributed by atoms with Crippen molar-refractivity contribution in [2.75, 3.05) is 7.11 Å². The van der Waals surface area contributed by atoms with Crippen molar-refractivity contribution in [3.05, 3.63) is 35.9 Å². The molecule has 1 atom stereocenters. The molecule has 1 aromatic carbocycles. The summed E-state index contributed by atoms with van der Waals surface area (Å²) in [7, 11) is 1.60. The quantitative estimate of drug-likeness (QED) is 0.669. The Labute approximate surface area is 91.3 Å². The van der Waals surface area contributed by atoms with Gasteiger partial charge in [-0.2, -0.15) is 0 Å². The third kappa shape index (κ3) is 3.48. The summed E-state index contributed by atoms with van der Waals surface area (Å²) in [5, 5.41) is 0. The lowest BCUT2D eigenvalue weighted by Crippen LogP contribution is -2.22. The molecule has 0 bridgehead atoms. The molecule has 2 nitrogen and oxygen atoms in total. The molecule has 15 heavy (non-hydrogen) atoms. The number of rotatable bonds is 6. The number of benzene rings is 1. The van der Waals surface area contributed by atoms with Crippen LogP contribution in [-0.4, -0.2) is 19.0 Å². The van der Waals surface area contributed by atoms with Crippen LogP contribution in [0.25, 0.3) is 0 Å². The van der Waals surface area contributed by atoms with Crippen molar-refractivity contribution < 1.29 is 9.53 Å². The minimum absolute atomic E-state index is 0.0894. The molecule has 2 heteroatoms. The Morgan fingerprint density at radius 3 is 2.53 bits per heavy atom. The van der Waals surface area contributed by atoms with Gasteiger partial charge in [0.2, 0.25) is 0 Å². The van der Waals surface area contributed by atoms with E-state index in [1.165, 1.54) is 0 Å². The van der Waals surface area contributed by atoms with Crippen LogP contribution in [0.1, 0.15) is 36.5 Å². The van der Waals surface area contributed by atoms with Crippen LogP contribution in [0.3, 0.4) is 0 Å². The number of carbonyl (C=O) groups excluding carboxylic acids is 1. The van der Waals surface area contributed by atoms with Crippen LogP contribution in [0.5, 0.6) is 0 Å². The molecule has 0 aliphatic rings. The molecule has 0 heterocycles. The van der Waals surface area contributed by atoms with E-state index in [-0.39, 0.29) is 11.9 Å². The largest absolute Gasteiger partial charge is 0.373 e. The highest BCUT2D eigenvalue weighted by Crippen LogP contribution is 2.11. The number of ether oxygens (including phenoxy) is 1. The van der Waals surface area contributed by atoms with Gasteiger partial charge in [-0.05, 0) is 6.42 Å². The smallest absolute Gasteiger partial charge is 0.191 e. The van der Waals surface area contributed by atoms with Crippen molar-refractivity contribution in [1.82, 2.24) is 0 Å². The van der Waals surface area contributed by atoms with Gasteiger partial charge in [0.25, 0.3) is 0 Å². The van der Waals surface area contributed by atoms with E-state index in [9.17, 15) is 4.79 Å². The molecular formula is C13H18O2. The minimum Gasteiger partial charge on any atom is -0.373 e. The van der Waals surface area contributed by atoms with Gasteiger partial charge in [-0.15, -0.1) is 0 Å². The van der Waals surface area contributed by atoms with Crippen LogP contribution in [-0.2, 0) is 4.74 Å². The van der Waals surface area contributed by atoms with Gasteiger partial charge in [0.1, 0.15) is 6.10 Å². The van der Waals surface area contributed by atoms with E-state index in [0.717, 1.165) is 24.8 Å². The first-order valence-corrected chi connectivity index (χ1v) is 5.41. The summed E-state index contributed by atoms with van der Waals surface area (Å²) in [4.78, 5) is 12.0. The summed E-state index contributed by atoms with van der Waals surface area (Å²) in [6.07, 6.45) is 2.63. The lowest BCUT2D eigenvalue weighted by Gasteiger charge is -2.13. The van der Waals surface area contributed by atoms with Gasteiger partial charge < -0.3 is 4.74 Å². The van der Waals surface area contributed by atoms with E-state index >= 15 is 0 Å². The van der Waals surface area contributed by atoms with Gasteiger partial charge >= 0.3 is 0 Å². The standard InChI is InChI=1S/C13H18O2/c1-3-4-10-12(15-2)13(14)11-8-6-5-7-9-11/h5-9,12H,3-4,10H2,1-2H3/t12-/m0/s1. The molecule has 0 spiro atoms. The van der Waals surface area contributed by atoms with Gasteiger partial charge in [-0.25, -0.2) is 0 Å². The molecule has 0 N–H and O–H groups in total. The maximum Gasteiger partial charge on any atom is 0.191 e. The molecule has 0 aliphatic carbocycles. The van der Waals surface area contributed by atoms with Crippen molar-refractivity contribution in [2.45, 2.75) is 32.3 Å². The fourth-order valence-electron chi connectivity index (χ4n) is 1.53. The summed E-state index contributed by atoms with van der Waals surface area (Å²) < 4.78 is 5.22. The van der Waals surface area contributed by atoms with Crippen molar-refractivity contribution in [3.63, 3.8) is 0 Å². The molecule has 82 valence electrons. The predicted molar refractivity (Wildman–Crippen MR) is 61.1 cm³/mol. The highest BCUT2D eigenvalue weighted by atomic mass is 16.5. The Morgan fingerprint density at radius 2 is 2.00 bits per heavy atom. The number of ketones is 1. The number of hydrogen-bond acceptors (Lipinski definition) is 2. The summed E-state index contributed by atoms with van der Waals surface area (Å²) in [5.41, 5.74) is 0.737. The van der Waals surface area contributed by atoms with Gasteiger partial charge in [-0.1, -0.05) is 50.1 Å². The zero-order chi connectivity index (χ0) is 11.1. The number of methoxy groups -OCH3 is 1. The molecule has 0 radical (unpaired) electrons. The minimum atomic E-state index is -0.285. The van der Waals surface area contributed by atoms with Gasteiger partial charge in [-0.3, -0.25) is 4.79 Å². The van der Waals surface area contributed by atoms with Crippen LogP contribution in [0.4, 0.5) is 0 Å². The van der Waals surface area contributed by atoms with Crippen molar-refractivity contribution in [3.8, 4) is 0 Å². The van der Waals surface area contributed by atoms with Crippen LogP contribution in [0, 0.1) is 0 Å². The summed E-state index contributed by atoms with van der Waals surface area (Å²) in [5.74, 6) is 0.0894. The molecule has 0 saturated heterocycles. The van der Waals surface area contributed by atoms with E-state index in [4.69, 9.17) is 4.74 Å². The molecule has 0 aliphatic heterocycles. The van der Waals surface area contributed by atoms with E-state index in [1.54, 1.807) is 7.11 Å². The lowest BCUT2D eigenvalue weighted by molar-refractivity contribution is 0.0574. The van der Waals surface area contributed by atoms with Crippen LogP contribution < -0.4 is 0 Å². The lowest BCUT2D eigenvalue weighted by atomic mass is 10.0. The Morgan fingerprint density at radius 1 is 1.33 bits per heavy atom. The fourth-order valence-corrected chi connectivity index (χ4v) is 1.53. The molecular weight excluding hydrogens is 188 g/mol. The van der Waals surface area contributed by atoms with Gasteiger partial charge in [0, 0.05) is 12.7 Å². The van der Waals surface area contributed by atoms with Crippen molar-refractivity contribution in [2.24, 2.45) is 0 Å². The summed E-state index contributed by atoms with van der Waals surface area (Å²) in [6, 6.07) is 9.32. The molecule has 0 saturated carbocycles. The Hall–Kier alpha value is -1.15. The molecule has 0 fully saturated rings. The Bertz CT molecular complexity index is 293. The van der Waals surface area contributed by atoms with Crippen LogP contribution in [0.15, 0.2) is 30.3 Å². The first-order chi connectivity index (χ1) is 7.29. The van der Waals surface area contributed by atoms with Crippen molar-refractivity contribution in [1.29, 1.82) is 0 Å². The van der Waals surface area contributed by atoms with Gasteiger partial charge in [0.15, 0.2) is 5.78 Å². The second-order valence-electron chi connectivity index (χ2n) is 3.60. The predicted octanol–water partition coefficient (Wildman–Crippen LogP) is 3.07. The zero-order valence-corrected chi connectivity index (χ0v) is 9.40. The molecule has 1 rings (SSSR count). The van der Waals surface area contributed by atoms with Crippen LogP contribution in [0.2, 0.25) is 0 Å². The third-order valence-electron chi connectivity index (χ3n) is 2.46. The highest BCUT2D eigenvalue weighted by molar-refractivity contribution is 5.99. The van der Waals surface area contributed by atoms with E-state index in [0.29, 0.717) is 0 Å². The molecule has 1 aromatic rings. The number of carbonyl (C=O) groups is 1. The second-order valence-corrected chi connectivity index (χ2v) is 3.60. The van der Waals surface area contributed by atoms with Crippen molar-refractivity contribution >= 4 is 5.78 Å². The van der Waals surface area contributed by atoms with E-state index in [2.05, 4.69) is 6.92 Å². The first-order valence-electron chi connectivity index (χ1n) is 5.41. The average Bonchev–Trinajstić information content (AvgIpc) is 2.31. The highest BCUT2D eigenvalue weighted by Gasteiger charge is 2.18. The monoisotopic (exact) mass is 206 g/mol. The van der Waals surface area contributed by atoms with E-state index in [1.807, 2.05) is 30.3 Å². The topological polar surface area (TPSA) is 26.3 Å². The molecule has 0 amide bonds. The Kier molecular flexibility index (Phi) is 5.05. The zero-order valence-electron chi connectivity index (χ0n) is 9.40.